The Labute approximate surface area is 101 Å². The second-order valence-corrected chi connectivity index (χ2v) is 5.71. The molecule has 0 aliphatic rings. The molecule has 1 rings (SSSR count). The molecule has 3 N–H and O–H groups in total. The fourth-order valence-corrected chi connectivity index (χ4v) is 2.32. The Morgan fingerprint density at radius 3 is 2.35 bits per heavy atom. The van der Waals surface area contributed by atoms with Crippen LogP contribution in [0, 0.1) is 0 Å². The van der Waals surface area contributed by atoms with Crippen molar-refractivity contribution < 1.29 is 18.6 Å². The van der Waals surface area contributed by atoms with Crippen molar-refractivity contribution in [1.29, 1.82) is 0 Å². The average Bonchev–Trinajstić information content (AvgIpc) is 2.27. The molecule has 0 spiro atoms. The number of benzene rings is 1. The molecule has 0 heterocycles. The minimum absolute atomic E-state index is 0.133. The van der Waals surface area contributed by atoms with Crippen LogP contribution in [0.3, 0.4) is 0 Å². The van der Waals surface area contributed by atoms with E-state index in [1.54, 1.807) is 24.3 Å². The molecule has 96 valence electrons. The predicted molar refractivity (Wildman–Crippen MR) is 64.9 cm³/mol. The molecule has 6 heteroatoms. The van der Waals surface area contributed by atoms with E-state index in [0.717, 1.165) is 6.26 Å². The Morgan fingerprint density at radius 1 is 1.29 bits per heavy atom. The van der Waals surface area contributed by atoms with Crippen molar-refractivity contribution in [2.24, 2.45) is 0 Å². The molecule has 0 bridgehead atoms. The highest BCUT2D eigenvalue weighted by Crippen LogP contribution is 2.17. The smallest absolute Gasteiger partial charge is 0.209 e. The summed E-state index contributed by atoms with van der Waals surface area (Å²) in [4.78, 5) is 0. The zero-order valence-electron chi connectivity index (χ0n) is 9.57. The van der Waals surface area contributed by atoms with Crippen LogP contribution < -0.4 is 4.72 Å². The lowest BCUT2D eigenvalue weighted by Crippen LogP contribution is -2.37. The van der Waals surface area contributed by atoms with Gasteiger partial charge in [-0.2, -0.15) is 0 Å². The van der Waals surface area contributed by atoms with Crippen molar-refractivity contribution in [3.63, 3.8) is 0 Å². The second-order valence-electron chi connectivity index (χ2n) is 3.93. The summed E-state index contributed by atoms with van der Waals surface area (Å²) >= 11 is 0. The van der Waals surface area contributed by atoms with Gasteiger partial charge in [0.1, 0.15) is 0 Å². The van der Waals surface area contributed by atoms with Crippen molar-refractivity contribution in [1.82, 2.24) is 4.72 Å². The molecule has 1 aromatic rings. The highest BCUT2D eigenvalue weighted by Gasteiger charge is 2.18. The van der Waals surface area contributed by atoms with Gasteiger partial charge in [0.05, 0.1) is 19.0 Å². The van der Waals surface area contributed by atoms with Gasteiger partial charge in [0.25, 0.3) is 0 Å². The molecule has 0 amide bonds. The largest absolute Gasteiger partial charge is 0.395 e. The molecule has 2 atom stereocenters. The van der Waals surface area contributed by atoms with Gasteiger partial charge in [-0.25, -0.2) is 13.1 Å². The minimum atomic E-state index is -3.38. The van der Waals surface area contributed by atoms with Gasteiger partial charge in [-0.05, 0) is 12.0 Å². The van der Waals surface area contributed by atoms with Crippen LogP contribution in [0.2, 0.25) is 0 Å². The van der Waals surface area contributed by atoms with Crippen molar-refractivity contribution >= 4 is 10.0 Å². The summed E-state index contributed by atoms with van der Waals surface area (Å²) in [6.45, 7) is -0.350. The lowest BCUT2D eigenvalue weighted by Gasteiger charge is -2.18. The molecule has 0 aliphatic heterocycles. The standard InChI is InChI=1S/C11H17NO4S/c1-17(15,16)12-10(8-13)7-11(14)9-5-3-2-4-6-9/h2-6,10-14H,7-8H2,1H3/t10-,11-/m0/s1. The van der Waals surface area contributed by atoms with Crippen molar-refractivity contribution in [2.75, 3.05) is 12.9 Å². The maximum Gasteiger partial charge on any atom is 0.209 e. The molecular formula is C11H17NO4S. The Balaban J connectivity index is 2.63. The third-order valence-corrected chi connectivity index (χ3v) is 3.05. The highest BCUT2D eigenvalue weighted by atomic mass is 32.2. The lowest BCUT2D eigenvalue weighted by molar-refractivity contribution is 0.136. The maximum atomic E-state index is 11.0. The van der Waals surface area contributed by atoms with Crippen LogP contribution >= 0.6 is 0 Å². The van der Waals surface area contributed by atoms with Crippen LogP contribution in [0.25, 0.3) is 0 Å². The summed E-state index contributed by atoms with van der Waals surface area (Å²) in [5.41, 5.74) is 0.696. The molecule has 0 saturated carbocycles. The molecule has 0 saturated heterocycles. The number of rotatable bonds is 6. The van der Waals surface area contributed by atoms with Crippen LogP contribution in [0.4, 0.5) is 0 Å². The van der Waals surface area contributed by atoms with E-state index in [2.05, 4.69) is 4.72 Å². The van der Waals surface area contributed by atoms with E-state index in [1.165, 1.54) is 0 Å². The Hall–Kier alpha value is -0.950. The molecule has 0 unspecified atom stereocenters. The molecule has 0 aromatic heterocycles. The molecule has 5 nitrogen and oxygen atoms in total. The van der Waals surface area contributed by atoms with E-state index >= 15 is 0 Å². The maximum absolute atomic E-state index is 11.0. The van der Waals surface area contributed by atoms with Crippen LogP contribution in [0.5, 0.6) is 0 Å². The monoisotopic (exact) mass is 259 g/mol. The first-order chi connectivity index (χ1) is 7.92. The summed E-state index contributed by atoms with van der Waals surface area (Å²) in [5, 5.41) is 18.9. The number of aliphatic hydroxyl groups is 2. The van der Waals surface area contributed by atoms with E-state index in [1.807, 2.05) is 6.07 Å². The van der Waals surface area contributed by atoms with E-state index in [0.29, 0.717) is 5.56 Å². The van der Waals surface area contributed by atoms with E-state index < -0.39 is 22.2 Å². The first-order valence-corrected chi connectivity index (χ1v) is 7.12. The predicted octanol–water partition coefficient (Wildman–Crippen LogP) is 0.0202. The van der Waals surface area contributed by atoms with Gasteiger partial charge < -0.3 is 10.2 Å². The van der Waals surface area contributed by atoms with Gasteiger partial charge in [0.15, 0.2) is 0 Å². The van der Waals surface area contributed by atoms with Crippen LogP contribution in [0.15, 0.2) is 30.3 Å². The third-order valence-electron chi connectivity index (χ3n) is 2.29. The minimum Gasteiger partial charge on any atom is -0.395 e. The molecular weight excluding hydrogens is 242 g/mol. The number of sulfonamides is 1. The Bertz CT molecular complexity index is 432. The fourth-order valence-electron chi connectivity index (χ4n) is 1.54. The van der Waals surface area contributed by atoms with E-state index in [4.69, 9.17) is 5.11 Å². The molecule has 0 radical (unpaired) electrons. The molecule has 17 heavy (non-hydrogen) atoms. The van der Waals surface area contributed by atoms with E-state index in [-0.39, 0.29) is 13.0 Å². The normalized spacial score (nSPS) is 15.5. The quantitative estimate of drug-likeness (QED) is 0.672. The summed E-state index contributed by atoms with van der Waals surface area (Å²) in [7, 11) is -3.38. The molecule has 1 aromatic carbocycles. The third kappa shape index (κ3) is 5.27. The lowest BCUT2D eigenvalue weighted by atomic mass is 10.0. The topological polar surface area (TPSA) is 86.6 Å². The van der Waals surface area contributed by atoms with Gasteiger partial charge in [-0.15, -0.1) is 0 Å². The van der Waals surface area contributed by atoms with Crippen molar-refractivity contribution in [3.05, 3.63) is 35.9 Å². The van der Waals surface area contributed by atoms with E-state index in [9.17, 15) is 13.5 Å². The zero-order valence-corrected chi connectivity index (χ0v) is 10.4. The number of hydrogen-bond acceptors (Lipinski definition) is 4. The van der Waals surface area contributed by atoms with Crippen LogP contribution in [-0.2, 0) is 10.0 Å². The zero-order chi connectivity index (χ0) is 12.9. The Morgan fingerprint density at radius 2 is 1.88 bits per heavy atom. The second kappa shape index (κ2) is 6.11. The van der Waals surface area contributed by atoms with Crippen LogP contribution in [-0.4, -0.2) is 37.5 Å². The SMILES string of the molecule is CS(=O)(=O)N[C@H](CO)C[C@H](O)c1ccccc1. The van der Waals surface area contributed by atoms with Gasteiger partial charge in [-0.1, -0.05) is 30.3 Å². The summed E-state index contributed by atoms with van der Waals surface area (Å²) in [6, 6.07) is 8.22. The van der Waals surface area contributed by atoms with Crippen LogP contribution in [0.1, 0.15) is 18.1 Å². The average molecular weight is 259 g/mol. The first kappa shape index (κ1) is 14.1. The van der Waals surface area contributed by atoms with Crippen molar-refractivity contribution in [2.45, 2.75) is 18.6 Å². The molecule has 0 aliphatic carbocycles. The number of nitrogens with one attached hydrogen (secondary N) is 1. The number of aliphatic hydroxyl groups excluding tert-OH is 2. The summed E-state index contributed by atoms with van der Waals surface area (Å²) < 4.78 is 24.3. The highest BCUT2D eigenvalue weighted by molar-refractivity contribution is 7.88. The van der Waals surface area contributed by atoms with Gasteiger partial charge in [0.2, 0.25) is 10.0 Å². The summed E-state index contributed by atoms with van der Waals surface area (Å²) in [5.74, 6) is 0. The fraction of sp³-hybridized carbons (Fsp3) is 0.455. The van der Waals surface area contributed by atoms with Crippen molar-refractivity contribution in [3.8, 4) is 0 Å². The summed E-state index contributed by atoms with van der Waals surface area (Å²) in [6.07, 6.45) is 0.348. The van der Waals surface area contributed by atoms with Gasteiger partial charge in [-0.3, -0.25) is 0 Å². The molecule has 0 fully saturated rings. The van der Waals surface area contributed by atoms with Gasteiger partial charge >= 0.3 is 0 Å². The number of hydrogen-bond donors (Lipinski definition) is 3. The Kier molecular flexibility index (Phi) is 5.07. The van der Waals surface area contributed by atoms with Gasteiger partial charge in [0, 0.05) is 6.04 Å². The first-order valence-electron chi connectivity index (χ1n) is 5.23.